The van der Waals surface area contributed by atoms with Crippen LogP contribution in [0.5, 0.6) is 5.75 Å². The van der Waals surface area contributed by atoms with E-state index in [0.29, 0.717) is 6.29 Å². The minimum Gasteiger partial charge on any atom is -0.493 e. The first-order chi connectivity index (χ1) is 13.0. The lowest BCUT2D eigenvalue weighted by atomic mass is 10.0. The number of amides is 1. The van der Waals surface area contributed by atoms with Crippen molar-refractivity contribution in [2.75, 3.05) is 13.2 Å². The van der Waals surface area contributed by atoms with Gasteiger partial charge in [-0.25, -0.2) is 9.59 Å². The predicted molar refractivity (Wildman–Crippen MR) is 94.6 cm³/mol. The number of alkyl carbamates (subject to hydrolysis) is 1. The number of carbonyl (C=O) groups is 3. The molecule has 11 heteroatoms. The first-order valence-electron chi connectivity index (χ1n) is 8.25. The normalized spacial score (nSPS) is 11.8. The molecule has 2 N–H and O–H groups in total. The minimum absolute atomic E-state index is 0.0138. The van der Waals surface area contributed by atoms with Crippen LogP contribution in [0.4, 0.5) is 4.79 Å². The summed E-state index contributed by atoms with van der Waals surface area (Å²) in [6.07, 6.45) is -0.278. The molecule has 0 aromatic heterocycles. The molecule has 1 aromatic rings. The molecule has 0 fully saturated rings. The predicted octanol–water partition coefficient (Wildman–Crippen LogP) is 2.13. The summed E-state index contributed by atoms with van der Waals surface area (Å²) in [6.45, 7) is 4.65. The summed E-state index contributed by atoms with van der Waals surface area (Å²) in [5.41, 5.74) is -0.636. The number of carbonyl (C=O) groups excluding carboxylic acids is 2. The van der Waals surface area contributed by atoms with Crippen LogP contribution in [0.3, 0.4) is 0 Å². The third-order valence-electron chi connectivity index (χ3n) is 3.13. The molecule has 0 radical (unpaired) electrons. The Hall–Kier alpha value is -3.37. The van der Waals surface area contributed by atoms with Crippen LogP contribution in [0.15, 0.2) is 18.2 Å². The highest BCUT2D eigenvalue weighted by Gasteiger charge is 2.28. The van der Waals surface area contributed by atoms with Crippen LogP contribution in [0.1, 0.15) is 49.2 Å². The SMILES string of the molecule is CC(C)(C)OC(=O)NC(C(=O)O)c1cc(C=O)ccc1OCCCO[N+](=O)[O-]. The van der Waals surface area contributed by atoms with E-state index in [1.807, 2.05) is 0 Å². The van der Waals surface area contributed by atoms with Gasteiger partial charge in [0.05, 0.1) is 13.2 Å². The standard InChI is InChI=1S/C17H22N2O9/c1-17(2,3)28-16(23)18-14(15(21)22)12-9-11(10-20)5-6-13(12)26-7-4-8-27-19(24)25/h5-6,9-10,14H,4,7-8H2,1-3H3,(H,18,23)(H,21,22). The summed E-state index contributed by atoms with van der Waals surface area (Å²) in [6, 6.07) is 2.51. The third kappa shape index (κ3) is 7.89. The Kier molecular flexibility index (Phi) is 8.17. The molecule has 0 aliphatic carbocycles. The zero-order valence-corrected chi connectivity index (χ0v) is 15.7. The van der Waals surface area contributed by atoms with E-state index in [2.05, 4.69) is 10.2 Å². The van der Waals surface area contributed by atoms with E-state index in [-0.39, 0.29) is 36.5 Å². The number of hydrogen-bond donors (Lipinski definition) is 2. The molecular formula is C17H22N2O9. The van der Waals surface area contributed by atoms with Crippen molar-refractivity contribution in [3.8, 4) is 5.75 Å². The Labute approximate surface area is 160 Å². The summed E-state index contributed by atoms with van der Waals surface area (Å²) in [7, 11) is 0. The molecule has 0 spiro atoms. The molecule has 1 aromatic carbocycles. The number of aliphatic carboxylic acids is 1. The highest BCUT2D eigenvalue weighted by molar-refractivity contribution is 5.84. The van der Waals surface area contributed by atoms with E-state index in [9.17, 15) is 29.6 Å². The van der Waals surface area contributed by atoms with Gasteiger partial charge in [0.25, 0.3) is 5.09 Å². The second-order valence-corrected chi connectivity index (χ2v) is 6.59. The Morgan fingerprint density at radius 1 is 1.32 bits per heavy atom. The minimum atomic E-state index is -1.54. The van der Waals surface area contributed by atoms with Crippen molar-refractivity contribution in [2.45, 2.75) is 38.8 Å². The first kappa shape index (κ1) is 22.7. The van der Waals surface area contributed by atoms with E-state index in [1.165, 1.54) is 18.2 Å². The largest absolute Gasteiger partial charge is 0.493 e. The van der Waals surface area contributed by atoms with Gasteiger partial charge in [0.15, 0.2) is 6.04 Å². The zero-order valence-electron chi connectivity index (χ0n) is 15.7. The Bertz CT molecular complexity index is 728. The lowest BCUT2D eigenvalue weighted by Gasteiger charge is -2.23. The highest BCUT2D eigenvalue weighted by Crippen LogP contribution is 2.27. The molecule has 0 bridgehead atoms. The molecule has 1 rings (SSSR count). The fraction of sp³-hybridized carbons (Fsp3) is 0.471. The summed E-state index contributed by atoms with van der Waals surface area (Å²) in [5, 5.41) is 20.9. The topological polar surface area (TPSA) is 154 Å². The van der Waals surface area contributed by atoms with Crippen molar-refractivity contribution in [1.29, 1.82) is 0 Å². The van der Waals surface area contributed by atoms with Gasteiger partial charge in [-0.1, -0.05) is 0 Å². The van der Waals surface area contributed by atoms with E-state index in [0.717, 1.165) is 0 Å². The van der Waals surface area contributed by atoms with Crippen LogP contribution in [0, 0.1) is 10.1 Å². The van der Waals surface area contributed by atoms with Gasteiger partial charge in [-0.2, -0.15) is 0 Å². The molecule has 1 amide bonds. The molecule has 0 aliphatic heterocycles. The van der Waals surface area contributed by atoms with Crippen LogP contribution in [0.25, 0.3) is 0 Å². The number of hydrogen-bond acceptors (Lipinski definition) is 8. The van der Waals surface area contributed by atoms with Crippen LogP contribution >= 0.6 is 0 Å². The smallest absolute Gasteiger partial charge is 0.408 e. The average Bonchev–Trinajstić information content (AvgIpc) is 2.57. The highest BCUT2D eigenvalue weighted by atomic mass is 16.9. The lowest BCUT2D eigenvalue weighted by Crippen LogP contribution is -2.38. The van der Waals surface area contributed by atoms with Crippen LogP contribution in [-0.4, -0.2) is 47.4 Å². The molecule has 11 nitrogen and oxygen atoms in total. The van der Waals surface area contributed by atoms with Gasteiger partial charge in [-0.3, -0.25) is 4.79 Å². The number of aldehydes is 1. The van der Waals surface area contributed by atoms with Crippen molar-refractivity contribution >= 4 is 18.3 Å². The van der Waals surface area contributed by atoms with Gasteiger partial charge in [-0.05, 0) is 39.0 Å². The van der Waals surface area contributed by atoms with E-state index in [1.54, 1.807) is 20.8 Å². The van der Waals surface area contributed by atoms with Gasteiger partial charge in [0.2, 0.25) is 0 Å². The molecule has 154 valence electrons. The van der Waals surface area contributed by atoms with Crippen molar-refractivity contribution in [3.05, 3.63) is 39.4 Å². The summed E-state index contributed by atoms with van der Waals surface area (Å²) in [5.74, 6) is -1.30. The second-order valence-electron chi connectivity index (χ2n) is 6.59. The molecule has 0 saturated heterocycles. The average molecular weight is 398 g/mol. The second kappa shape index (κ2) is 10.1. The maximum absolute atomic E-state index is 12.0. The number of nitrogens with zero attached hydrogens (tertiary/aromatic N) is 1. The zero-order chi connectivity index (χ0) is 21.3. The molecule has 0 saturated carbocycles. The third-order valence-corrected chi connectivity index (χ3v) is 3.13. The number of carboxylic acids is 1. The molecule has 0 aliphatic rings. The van der Waals surface area contributed by atoms with E-state index >= 15 is 0 Å². The van der Waals surface area contributed by atoms with Crippen LogP contribution in [-0.2, 0) is 14.4 Å². The van der Waals surface area contributed by atoms with Gasteiger partial charge in [0.1, 0.15) is 17.6 Å². The summed E-state index contributed by atoms with van der Waals surface area (Å²) in [4.78, 5) is 49.0. The fourth-order valence-electron chi connectivity index (χ4n) is 2.08. The number of benzene rings is 1. The van der Waals surface area contributed by atoms with Crippen molar-refractivity contribution in [2.24, 2.45) is 0 Å². The molecular weight excluding hydrogens is 376 g/mol. The van der Waals surface area contributed by atoms with E-state index in [4.69, 9.17) is 9.47 Å². The summed E-state index contributed by atoms with van der Waals surface area (Å²) < 4.78 is 10.5. The molecule has 1 unspecified atom stereocenters. The Morgan fingerprint density at radius 3 is 2.54 bits per heavy atom. The lowest BCUT2D eigenvalue weighted by molar-refractivity contribution is -0.757. The number of ether oxygens (including phenoxy) is 2. The monoisotopic (exact) mass is 398 g/mol. The van der Waals surface area contributed by atoms with Crippen molar-refractivity contribution in [3.63, 3.8) is 0 Å². The quantitative estimate of drug-likeness (QED) is 0.261. The van der Waals surface area contributed by atoms with Crippen molar-refractivity contribution < 1.29 is 38.9 Å². The number of carboxylic acid groups (broad SMARTS) is 1. The van der Waals surface area contributed by atoms with Gasteiger partial charge in [0, 0.05) is 17.5 Å². The van der Waals surface area contributed by atoms with Crippen LogP contribution < -0.4 is 10.1 Å². The van der Waals surface area contributed by atoms with Gasteiger partial charge >= 0.3 is 12.1 Å². The van der Waals surface area contributed by atoms with E-state index < -0.39 is 28.8 Å². The molecule has 0 heterocycles. The molecule has 1 atom stereocenters. The van der Waals surface area contributed by atoms with Gasteiger partial charge in [-0.15, -0.1) is 10.1 Å². The first-order valence-corrected chi connectivity index (χ1v) is 8.25. The maximum Gasteiger partial charge on any atom is 0.408 e. The number of nitrogens with one attached hydrogen (secondary N) is 1. The maximum atomic E-state index is 12.0. The van der Waals surface area contributed by atoms with Gasteiger partial charge < -0.3 is 24.7 Å². The Balaban J connectivity index is 3.00. The van der Waals surface area contributed by atoms with Crippen LogP contribution in [0.2, 0.25) is 0 Å². The summed E-state index contributed by atoms with van der Waals surface area (Å²) >= 11 is 0. The fourth-order valence-corrected chi connectivity index (χ4v) is 2.08. The Morgan fingerprint density at radius 2 is 2.00 bits per heavy atom. The van der Waals surface area contributed by atoms with Crippen molar-refractivity contribution in [1.82, 2.24) is 5.32 Å². The molecule has 28 heavy (non-hydrogen) atoms. The number of rotatable bonds is 10.